The molecule has 2 rings (SSSR count). The molecule has 1 aromatic carbocycles. The number of piperazine rings is 1. The van der Waals surface area contributed by atoms with Gasteiger partial charge in [0.05, 0.1) is 10.7 Å². The molecule has 6 nitrogen and oxygen atoms in total. The summed E-state index contributed by atoms with van der Waals surface area (Å²) in [5.74, 6) is 0. The second-order valence-corrected chi connectivity index (χ2v) is 8.35. The number of nitrogens with zero attached hydrogens (tertiary/aromatic N) is 2. The number of urea groups is 1. The fourth-order valence-electron chi connectivity index (χ4n) is 2.53. The fourth-order valence-corrected chi connectivity index (χ4v) is 3.25. The third kappa shape index (κ3) is 5.51. The largest absolute Gasteiger partial charge is 0.444 e. The lowest BCUT2D eigenvalue weighted by Crippen LogP contribution is -2.57. The van der Waals surface area contributed by atoms with Crippen LogP contribution in [0.1, 0.15) is 27.7 Å². The number of rotatable bonds is 1. The minimum absolute atomic E-state index is 0.129. The molecule has 0 radical (unpaired) electrons. The van der Waals surface area contributed by atoms with Crippen LogP contribution >= 0.6 is 27.5 Å². The van der Waals surface area contributed by atoms with Crippen LogP contribution in [0.25, 0.3) is 0 Å². The highest BCUT2D eigenvalue weighted by molar-refractivity contribution is 9.10. The lowest BCUT2D eigenvalue weighted by Gasteiger charge is -2.40. The van der Waals surface area contributed by atoms with Crippen LogP contribution in [0.4, 0.5) is 15.3 Å². The van der Waals surface area contributed by atoms with E-state index in [9.17, 15) is 9.59 Å². The molecule has 3 amide bonds. The van der Waals surface area contributed by atoms with Gasteiger partial charge in [-0.25, -0.2) is 9.59 Å². The zero-order chi connectivity index (χ0) is 18.8. The predicted molar refractivity (Wildman–Crippen MR) is 102 cm³/mol. The third-order valence-electron chi connectivity index (χ3n) is 3.71. The van der Waals surface area contributed by atoms with Crippen LogP contribution in [-0.4, -0.2) is 53.2 Å². The van der Waals surface area contributed by atoms with Crippen molar-refractivity contribution >= 4 is 45.3 Å². The number of halogens is 2. The second-order valence-electron chi connectivity index (χ2n) is 7.02. The number of hydrogen-bond acceptors (Lipinski definition) is 3. The highest BCUT2D eigenvalue weighted by Crippen LogP contribution is 2.26. The monoisotopic (exact) mass is 431 g/mol. The number of nitrogens with one attached hydrogen (secondary N) is 1. The second kappa shape index (κ2) is 7.83. The highest BCUT2D eigenvalue weighted by atomic mass is 79.9. The van der Waals surface area contributed by atoms with Crippen LogP contribution in [0.2, 0.25) is 5.02 Å². The van der Waals surface area contributed by atoms with Crippen molar-refractivity contribution in [2.24, 2.45) is 0 Å². The summed E-state index contributed by atoms with van der Waals surface area (Å²) in [4.78, 5) is 28.0. The zero-order valence-corrected chi connectivity index (χ0v) is 17.1. The van der Waals surface area contributed by atoms with Gasteiger partial charge in [0.25, 0.3) is 0 Å². The molecule has 1 saturated heterocycles. The van der Waals surface area contributed by atoms with E-state index in [1.54, 1.807) is 21.9 Å². The maximum atomic E-state index is 12.5. The quantitative estimate of drug-likeness (QED) is 0.707. The first-order valence-electron chi connectivity index (χ1n) is 8.07. The molecule has 1 aliphatic heterocycles. The van der Waals surface area contributed by atoms with Gasteiger partial charge in [0, 0.05) is 30.1 Å². The Labute approximate surface area is 161 Å². The van der Waals surface area contributed by atoms with E-state index in [0.717, 1.165) is 4.47 Å². The van der Waals surface area contributed by atoms with Crippen molar-refractivity contribution in [2.45, 2.75) is 39.3 Å². The van der Waals surface area contributed by atoms with Crippen molar-refractivity contribution < 1.29 is 14.3 Å². The summed E-state index contributed by atoms with van der Waals surface area (Å²) in [7, 11) is 0. The van der Waals surface area contributed by atoms with Crippen LogP contribution in [-0.2, 0) is 4.74 Å². The number of benzene rings is 1. The maximum absolute atomic E-state index is 12.5. The van der Waals surface area contributed by atoms with Crippen LogP contribution in [0.5, 0.6) is 0 Å². The van der Waals surface area contributed by atoms with Crippen molar-refractivity contribution in [1.82, 2.24) is 9.80 Å². The Morgan fingerprint density at radius 2 is 2.00 bits per heavy atom. The molecule has 0 aliphatic carbocycles. The summed E-state index contributed by atoms with van der Waals surface area (Å²) in [6, 6.07) is 4.91. The van der Waals surface area contributed by atoms with Crippen molar-refractivity contribution in [3.63, 3.8) is 0 Å². The standard InChI is InChI=1S/C17H23BrClN3O3/c1-11-10-21(16(24)25-17(2,3)4)7-8-22(11)15(23)20-14-6-5-12(18)9-13(14)19/h5-6,9,11H,7-8,10H2,1-4H3,(H,20,23)/t11-/m0/s1. The Morgan fingerprint density at radius 1 is 1.32 bits per heavy atom. The van der Waals surface area contributed by atoms with Gasteiger partial charge in [0.15, 0.2) is 0 Å². The SMILES string of the molecule is C[C@H]1CN(C(=O)OC(C)(C)C)CCN1C(=O)Nc1ccc(Br)cc1Cl. The molecule has 25 heavy (non-hydrogen) atoms. The summed E-state index contributed by atoms with van der Waals surface area (Å²) in [5, 5.41) is 3.28. The van der Waals surface area contributed by atoms with E-state index < -0.39 is 5.60 Å². The molecule has 0 saturated carbocycles. The summed E-state index contributed by atoms with van der Waals surface area (Å²) in [6.45, 7) is 8.69. The van der Waals surface area contributed by atoms with Crippen LogP contribution < -0.4 is 5.32 Å². The number of amides is 3. The molecule has 0 aromatic heterocycles. The van der Waals surface area contributed by atoms with E-state index >= 15 is 0 Å². The smallest absolute Gasteiger partial charge is 0.410 e. The van der Waals surface area contributed by atoms with E-state index in [4.69, 9.17) is 16.3 Å². The highest BCUT2D eigenvalue weighted by Gasteiger charge is 2.32. The van der Waals surface area contributed by atoms with E-state index in [1.807, 2.05) is 33.8 Å². The average Bonchev–Trinajstić information content (AvgIpc) is 2.48. The molecule has 0 spiro atoms. The van der Waals surface area contributed by atoms with E-state index in [0.29, 0.717) is 30.3 Å². The summed E-state index contributed by atoms with van der Waals surface area (Å²) in [6.07, 6.45) is -0.352. The number of ether oxygens (including phenoxy) is 1. The van der Waals surface area contributed by atoms with E-state index in [-0.39, 0.29) is 18.2 Å². The fraction of sp³-hybridized carbons (Fsp3) is 0.529. The molecule has 1 fully saturated rings. The summed E-state index contributed by atoms with van der Waals surface area (Å²) < 4.78 is 6.23. The van der Waals surface area contributed by atoms with Gasteiger partial charge in [-0.1, -0.05) is 27.5 Å². The number of hydrogen-bond donors (Lipinski definition) is 1. The number of anilines is 1. The summed E-state index contributed by atoms with van der Waals surface area (Å²) >= 11 is 9.48. The van der Waals surface area contributed by atoms with Crippen molar-refractivity contribution in [3.05, 3.63) is 27.7 Å². The van der Waals surface area contributed by atoms with Crippen LogP contribution in [0.15, 0.2) is 22.7 Å². The normalized spacial score (nSPS) is 18.1. The number of carbonyl (C=O) groups excluding carboxylic acids is 2. The van der Waals surface area contributed by atoms with Crippen LogP contribution in [0.3, 0.4) is 0 Å². The first-order chi connectivity index (χ1) is 11.6. The van der Waals surface area contributed by atoms with Crippen LogP contribution in [0, 0.1) is 0 Å². The van der Waals surface area contributed by atoms with Gasteiger partial charge < -0.3 is 19.9 Å². The molecule has 1 aromatic rings. The Hall–Kier alpha value is -1.47. The van der Waals surface area contributed by atoms with Gasteiger partial charge in [-0.3, -0.25) is 0 Å². The predicted octanol–water partition coefficient (Wildman–Crippen LogP) is 4.58. The topological polar surface area (TPSA) is 61.9 Å². The van der Waals surface area contributed by atoms with Crippen molar-refractivity contribution in [1.29, 1.82) is 0 Å². The summed E-state index contributed by atoms with van der Waals surface area (Å²) in [5.41, 5.74) is 0.0179. The molecule has 1 heterocycles. The Bertz CT molecular complexity index is 663. The molecular formula is C17H23BrClN3O3. The lowest BCUT2D eigenvalue weighted by molar-refractivity contribution is 0.0112. The molecular weight excluding hydrogens is 410 g/mol. The molecule has 1 atom stereocenters. The van der Waals surface area contributed by atoms with Gasteiger partial charge >= 0.3 is 12.1 Å². The van der Waals surface area contributed by atoms with Gasteiger partial charge in [-0.15, -0.1) is 0 Å². The minimum atomic E-state index is -0.535. The third-order valence-corrected chi connectivity index (χ3v) is 4.52. The van der Waals surface area contributed by atoms with Gasteiger partial charge in [0.2, 0.25) is 0 Å². The van der Waals surface area contributed by atoms with Crippen molar-refractivity contribution in [2.75, 3.05) is 25.0 Å². The van der Waals surface area contributed by atoms with E-state index in [1.165, 1.54) is 0 Å². The first-order valence-corrected chi connectivity index (χ1v) is 9.24. The maximum Gasteiger partial charge on any atom is 0.410 e. The average molecular weight is 433 g/mol. The lowest BCUT2D eigenvalue weighted by atomic mass is 10.2. The van der Waals surface area contributed by atoms with E-state index in [2.05, 4.69) is 21.2 Å². The van der Waals surface area contributed by atoms with Crippen molar-refractivity contribution in [3.8, 4) is 0 Å². The van der Waals surface area contributed by atoms with Gasteiger partial charge in [-0.2, -0.15) is 0 Å². The number of carbonyl (C=O) groups is 2. The molecule has 1 aliphatic rings. The minimum Gasteiger partial charge on any atom is -0.444 e. The first kappa shape index (κ1) is 19.8. The molecule has 0 unspecified atom stereocenters. The Kier molecular flexibility index (Phi) is 6.21. The zero-order valence-electron chi connectivity index (χ0n) is 14.8. The Balaban J connectivity index is 1.96. The van der Waals surface area contributed by atoms with Gasteiger partial charge in [-0.05, 0) is 45.9 Å². The molecule has 1 N–H and O–H groups in total. The van der Waals surface area contributed by atoms with Gasteiger partial charge in [0.1, 0.15) is 5.60 Å². The molecule has 0 bridgehead atoms. The molecule has 138 valence electrons. The Morgan fingerprint density at radius 3 is 2.56 bits per heavy atom. The molecule has 8 heteroatoms.